The minimum absolute atomic E-state index is 0.0747. The van der Waals surface area contributed by atoms with Gasteiger partial charge < -0.3 is 5.32 Å². The fraction of sp³-hybridized carbons (Fsp3) is 0.222. The monoisotopic (exact) mass is 247 g/mol. The second kappa shape index (κ2) is 3.51. The van der Waals surface area contributed by atoms with E-state index in [0.29, 0.717) is 6.04 Å². The Hall–Kier alpha value is -2.02. The van der Waals surface area contributed by atoms with Gasteiger partial charge in [-0.15, -0.1) is 0 Å². The van der Waals surface area contributed by atoms with Crippen molar-refractivity contribution >= 4 is 6.08 Å². The molecule has 1 atom stereocenters. The van der Waals surface area contributed by atoms with Crippen LogP contribution in [0.4, 0.5) is 0 Å². The van der Waals surface area contributed by atoms with Gasteiger partial charge >= 0.3 is 0 Å². The Balaban J connectivity index is 2.11. The Morgan fingerprint density at radius 3 is 2.63 bits per heavy atom. The summed E-state index contributed by atoms with van der Waals surface area (Å²) in [5, 5.41) is 3.53. The molecule has 0 aromatic heterocycles. The van der Waals surface area contributed by atoms with E-state index in [4.69, 9.17) is 0 Å². The quantitative estimate of drug-likeness (QED) is 0.742. The van der Waals surface area contributed by atoms with Crippen LogP contribution in [-0.4, -0.2) is 0 Å². The first-order chi connectivity index (χ1) is 9.19. The Morgan fingerprint density at radius 1 is 0.947 bits per heavy atom. The van der Waals surface area contributed by atoms with Gasteiger partial charge in [-0.05, 0) is 40.1 Å². The molecule has 94 valence electrons. The third kappa shape index (κ3) is 1.30. The van der Waals surface area contributed by atoms with Crippen molar-refractivity contribution in [2.75, 3.05) is 0 Å². The molecule has 0 saturated carbocycles. The summed E-state index contributed by atoms with van der Waals surface area (Å²) >= 11 is 0. The normalized spacial score (nSPS) is 21.3. The van der Waals surface area contributed by atoms with Crippen molar-refractivity contribution in [1.82, 2.24) is 5.32 Å². The lowest BCUT2D eigenvalue weighted by atomic mass is 9.66. The van der Waals surface area contributed by atoms with Crippen molar-refractivity contribution in [3.05, 3.63) is 76.5 Å². The van der Waals surface area contributed by atoms with Crippen molar-refractivity contribution in [3.63, 3.8) is 0 Å². The predicted octanol–water partition coefficient (Wildman–Crippen LogP) is 3.99. The van der Waals surface area contributed by atoms with E-state index in [1.165, 1.54) is 27.8 Å². The fourth-order valence-corrected chi connectivity index (χ4v) is 3.62. The summed E-state index contributed by atoms with van der Waals surface area (Å²) in [6.45, 7) is 4.66. The zero-order valence-electron chi connectivity index (χ0n) is 11.3. The van der Waals surface area contributed by atoms with Gasteiger partial charge in [0.2, 0.25) is 0 Å². The van der Waals surface area contributed by atoms with Gasteiger partial charge in [0.05, 0.1) is 6.04 Å². The van der Waals surface area contributed by atoms with Crippen molar-refractivity contribution < 1.29 is 0 Å². The highest BCUT2D eigenvalue weighted by molar-refractivity contribution is 5.67. The van der Waals surface area contributed by atoms with Crippen molar-refractivity contribution in [1.29, 1.82) is 0 Å². The van der Waals surface area contributed by atoms with Gasteiger partial charge in [-0.25, -0.2) is 0 Å². The van der Waals surface area contributed by atoms with E-state index in [1.54, 1.807) is 0 Å². The summed E-state index contributed by atoms with van der Waals surface area (Å²) in [4.78, 5) is 0. The third-order valence-corrected chi connectivity index (χ3v) is 4.57. The lowest BCUT2D eigenvalue weighted by molar-refractivity contribution is 0.560. The van der Waals surface area contributed by atoms with E-state index in [0.717, 1.165) is 0 Å². The highest BCUT2D eigenvalue weighted by atomic mass is 14.9. The molecule has 0 amide bonds. The van der Waals surface area contributed by atoms with Crippen LogP contribution >= 0.6 is 0 Å². The van der Waals surface area contributed by atoms with E-state index in [1.807, 2.05) is 0 Å². The highest BCUT2D eigenvalue weighted by Crippen LogP contribution is 2.47. The molecule has 19 heavy (non-hydrogen) atoms. The van der Waals surface area contributed by atoms with Gasteiger partial charge in [-0.2, -0.15) is 0 Å². The summed E-state index contributed by atoms with van der Waals surface area (Å²) in [5.41, 5.74) is 7.18. The first-order valence-corrected chi connectivity index (χ1v) is 6.85. The Kier molecular flexibility index (Phi) is 2.00. The van der Waals surface area contributed by atoms with Crippen LogP contribution in [0.2, 0.25) is 0 Å². The lowest BCUT2D eigenvalue weighted by Crippen LogP contribution is -2.35. The average Bonchev–Trinajstić information content (AvgIpc) is 2.45. The van der Waals surface area contributed by atoms with Gasteiger partial charge in [0, 0.05) is 5.41 Å². The van der Waals surface area contributed by atoms with Crippen molar-refractivity contribution in [3.8, 4) is 0 Å². The van der Waals surface area contributed by atoms with Crippen LogP contribution in [0.15, 0.2) is 48.7 Å². The first kappa shape index (κ1) is 10.9. The average molecular weight is 247 g/mol. The van der Waals surface area contributed by atoms with Crippen LogP contribution in [-0.2, 0) is 5.41 Å². The molecular weight excluding hydrogens is 230 g/mol. The number of fused-ring (bicyclic) bond motifs is 2. The second-order valence-electron chi connectivity index (χ2n) is 5.95. The maximum atomic E-state index is 3.53. The molecule has 0 fully saturated rings. The molecule has 1 N–H and O–H groups in total. The summed E-state index contributed by atoms with van der Waals surface area (Å²) < 4.78 is 0. The molecular formula is C18H17N. The minimum Gasteiger partial charge on any atom is -0.380 e. The van der Waals surface area contributed by atoms with Crippen molar-refractivity contribution in [2.24, 2.45) is 0 Å². The molecule has 1 heterocycles. The van der Waals surface area contributed by atoms with Crippen LogP contribution in [0.1, 0.15) is 47.7 Å². The molecule has 1 aliphatic carbocycles. The van der Waals surface area contributed by atoms with E-state index in [9.17, 15) is 0 Å². The largest absolute Gasteiger partial charge is 0.380 e. The Morgan fingerprint density at radius 2 is 1.74 bits per heavy atom. The van der Waals surface area contributed by atoms with Gasteiger partial charge in [0.25, 0.3) is 0 Å². The number of nitrogens with one attached hydrogen (secondary N) is 1. The minimum atomic E-state index is 0.0747. The first-order valence-electron chi connectivity index (χ1n) is 6.85. The summed E-state index contributed by atoms with van der Waals surface area (Å²) in [6, 6.07) is 15.8. The predicted molar refractivity (Wildman–Crippen MR) is 79.0 cm³/mol. The maximum absolute atomic E-state index is 3.53. The van der Waals surface area contributed by atoms with Gasteiger partial charge in [0.15, 0.2) is 0 Å². The molecule has 0 bridgehead atoms. The van der Waals surface area contributed by atoms with Crippen LogP contribution < -0.4 is 5.32 Å². The molecule has 0 saturated heterocycles. The molecule has 0 radical (unpaired) electrons. The fourth-order valence-electron chi connectivity index (χ4n) is 3.62. The summed E-state index contributed by atoms with van der Waals surface area (Å²) in [6.07, 6.45) is 4.26. The number of hydrogen-bond acceptors (Lipinski definition) is 1. The number of benzene rings is 2. The summed E-state index contributed by atoms with van der Waals surface area (Å²) in [7, 11) is 0. The topological polar surface area (TPSA) is 12.0 Å². The van der Waals surface area contributed by atoms with E-state index >= 15 is 0 Å². The lowest BCUT2D eigenvalue weighted by Gasteiger charge is -2.41. The third-order valence-electron chi connectivity index (χ3n) is 4.57. The molecule has 1 nitrogen and oxygen atoms in total. The molecule has 1 unspecified atom stereocenters. The highest BCUT2D eigenvalue weighted by Gasteiger charge is 2.38. The zero-order chi connectivity index (χ0) is 13.0. The summed E-state index contributed by atoms with van der Waals surface area (Å²) in [5.74, 6) is 0. The molecule has 4 rings (SSSR count). The van der Waals surface area contributed by atoms with E-state index in [2.05, 4.69) is 73.9 Å². The van der Waals surface area contributed by atoms with Crippen LogP contribution in [0.25, 0.3) is 6.08 Å². The molecule has 0 spiro atoms. The van der Waals surface area contributed by atoms with Crippen LogP contribution in [0.5, 0.6) is 0 Å². The molecule has 2 aromatic carbocycles. The Labute approximate surface area is 114 Å². The van der Waals surface area contributed by atoms with Crippen molar-refractivity contribution in [2.45, 2.75) is 25.3 Å². The SMILES string of the molecule is CC1(C)c2ccccc2C2NC=Cc3cccc1c32. The van der Waals surface area contributed by atoms with E-state index < -0.39 is 0 Å². The Bertz CT molecular complexity index is 695. The second-order valence-corrected chi connectivity index (χ2v) is 5.95. The zero-order valence-corrected chi connectivity index (χ0v) is 11.3. The standard InChI is InChI=1S/C18H17N/c1-18(2)14-8-4-3-7-13(14)17-16-12(10-11-19-17)6-5-9-15(16)18/h3-11,17,19H,1-2H3. The number of hydrogen-bond donors (Lipinski definition) is 1. The van der Waals surface area contributed by atoms with Crippen LogP contribution in [0.3, 0.4) is 0 Å². The molecule has 1 aliphatic heterocycles. The van der Waals surface area contributed by atoms with Gasteiger partial charge in [0.1, 0.15) is 0 Å². The smallest absolute Gasteiger partial charge is 0.0774 e. The maximum Gasteiger partial charge on any atom is 0.0774 e. The van der Waals surface area contributed by atoms with Gasteiger partial charge in [-0.3, -0.25) is 0 Å². The molecule has 2 aromatic rings. The van der Waals surface area contributed by atoms with Gasteiger partial charge in [-0.1, -0.05) is 56.3 Å². The molecule has 1 heteroatoms. The molecule has 2 aliphatic rings. The van der Waals surface area contributed by atoms with E-state index in [-0.39, 0.29) is 5.41 Å². The van der Waals surface area contributed by atoms with Crippen LogP contribution in [0, 0.1) is 0 Å². The number of rotatable bonds is 0.